The molecule has 0 atom stereocenters. The highest BCUT2D eigenvalue weighted by Crippen LogP contribution is 2.23. The number of hydrogen-bond acceptors (Lipinski definition) is 5. The number of carbonyl (C=O) groups excluding carboxylic acids is 1. The lowest BCUT2D eigenvalue weighted by Crippen LogP contribution is -3.61. The van der Waals surface area contributed by atoms with Crippen LogP contribution in [0.1, 0.15) is 65.5 Å². The van der Waals surface area contributed by atoms with Gasteiger partial charge in [0.1, 0.15) is 0 Å². The van der Waals surface area contributed by atoms with Gasteiger partial charge in [0.15, 0.2) is 17.3 Å². The van der Waals surface area contributed by atoms with Gasteiger partial charge in [-0.05, 0) is 59.1 Å². The van der Waals surface area contributed by atoms with Crippen molar-refractivity contribution in [2.75, 3.05) is 12.5 Å². The summed E-state index contributed by atoms with van der Waals surface area (Å²) in [5, 5.41) is -5.03. The predicted molar refractivity (Wildman–Crippen MR) is 133 cm³/mol. The molecule has 0 aliphatic carbocycles. The summed E-state index contributed by atoms with van der Waals surface area (Å²) >= 11 is 5.17. The summed E-state index contributed by atoms with van der Waals surface area (Å²) in [6, 6.07) is 18.4. The van der Waals surface area contributed by atoms with Crippen LogP contribution in [0.4, 0.5) is 8.78 Å². The highest BCUT2D eigenvalue weighted by molar-refractivity contribution is 7.87. The Morgan fingerprint density at radius 2 is 1.25 bits per heavy atom. The topological polar surface area (TPSA) is 83.5 Å². The van der Waals surface area contributed by atoms with Crippen molar-refractivity contribution in [3.63, 3.8) is 0 Å². The summed E-state index contributed by atoms with van der Waals surface area (Å²) < 4.78 is 61.6. The first-order valence-corrected chi connectivity index (χ1v) is 15.4. The van der Waals surface area contributed by atoms with Crippen molar-refractivity contribution in [1.29, 1.82) is 0 Å². The Balaban J connectivity index is 0.000000384. The molecule has 202 valence electrons. The fourth-order valence-corrected chi connectivity index (χ4v) is 5.31. The summed E-state index contributed by atoms with van der Waals surface area (Å²) in [7, 11) is -6.03. The summed E-state index contributed by atoms with van der Waals surface area (Å²) in [6.45, 7) is 13.2. The van der Waals surface area contributed by atoms with Gasteiger partial charge in [-0.1, -0.05) is 65.8 Å². The molecule has 10 heteroatoms. The lowest BCUT2D eigenvalue weighted by atomic mass is 9.87. The van der Waals surface area contributed by atoms with Crippen molar-refractivity contribution in [3.05, 3.63) is 66.8 Å². The first-order chi connectivity index (χ1) is 16.4. The van der Waals surface area contributed by atoms with Crippen LogP contribution in [0.5, 0.6) is 0 Å². The van der Waals surface area contributed by atoms with Gasteiger partial charge in [0.25, 0.3) is 0 Å². The van der Waals surface area contributed by atoms with Gasteiger partial charge < -0.3 is 9.29 Å². The van der Waals surface area contributed by atoms with E-state index in [0.717, 1.165) is 0 Å². The van der Waals surface area contributed by atoms with Gasteiger partial charge >= 0.3 is 32.4 Å². The Morgan fingerprint density at radius 3 is 1.56 bits per heavy atom. The van der Waals surface area contributed by atoms with Crippen molar-refractivity contribution in [2.24, 2.45) is 0 Å². The van der Waals surface area contributed by atoms with Crippen LogP contribution in [-0.4, -0.2) is 36.7 Å². The molecule has 2 rings (SSSR count). The number of alkyl halides is 3. The number of carbonyl (C=O) groups is 1. The fraction of sp³-hybridized carbons (Fsp3) is 0.500. The zero-order valence-corrected chi connectivity index (χ0v) is 25.1. The van der Waals surface area contributed by atoms with E-state index in [9.17, 15) is 26.5 Å². The molecule has 0 fully saturated rings. The van der Waals surface area contributed by atoms with Gasteiger partial charge in [0, 0.05) is 5.88 Å². The number of hydrogen-bond donors (Lipinski definition) is 0. The Labute approximate surface area is 229 Å². The van der Waals surface area contributed by atoms with Crippen molar-refractivity contribution >= 4 is 27.7 Å². The molecule has 0 spiro atoms. The third-order valence-corrected chi connectivity index (χ3v) is 8.70. The molecule has 36 heavy (non-hydrogen) atoms. The summed E-state index contributed by atoms with van der Waals surface area (Å²) in [4.78, 5) is 10.5. The Hall–Kier alpha value is -1.30. The number of ether oxygens (including phenoxy) is 1. The summed E-state index contributed by atoms with van der Waals surface area (Å²) in [5.74, 6) is -2.10. The molecule has 2 aromatic rings. The highest BCUT2D eigenvalue weighted by Gasteiger charge is 2.48. The van der Waals surface area contributed by atoms with E-state index >= 15 is 0 Å². The van der Waals surface area contributed by atoms with E-state index < -0.39 is 27.9 Å². The average molecular weight is 659 g/mol. The second kappa shape index (κ2) is 13.5. The van der Waals surface area contributed by atoms with E-state index in [1.54, 1.807) is 0 Å². The van der Waals surface area contributed by atoms with E-state index in [4.69, 9.17) is 11.6 Å². The Morgan fingerprint density at radius 1 is 0.861 bits per heavy atom. The highest BCUT2D eigenvalue weighted by atomic mass is 127. The molecule has 0 aliphatic heterocycles. The molecule has 0 saturated carbocycles. The second-order valence-electron chi connectivity index (χ2n) is 10.1. The molecule has 2 aromatic carbocycles. The maximum absolute atomic E-state index is 12.4. The molecule has 0 saturated heterocycles. The van der Waals surface area contributed by atoms with Gasteiger partial charge in [-0.25, -0.2) is 13.2 Å². The first-order valence-electron chi connectivity index (χ1n) is 11.3. The van der Waals surface area contributed by atoms with Crippen LogP contribution < -0.4 is 21.2 Å². The molecule has 5 nitrogen and oxygen atoms in total. The van der Waals surface area contributed by atoms with Gasteiger partial charge in [0.05, 0.1) is 6.61 Å². The predicted octanol–water partition coefficient (Wildman–Crippen LogP) is 3.10. The second-order valence-corrected chi connectivity index (χ2v) is 14.9. The molecule has 0 amide bonds. The number of benzene rings is 2. The maximum atomic E-state index is 12.4. The van der Waals surface area contributed by atoms with Crippen molar-refractivity contribution < 1.29 is 52.5 Å². The summed E-state index contributed by atoms with van der Waals surface area (Å²) in [6.07, 6.45) is 0.634. The smallest absolute Gasteiger partial charge is 0.428 e. The molecular formula is C26H34ClF2IO5S. The SMILES string of the molecule is CC(C)(C)c1ccc([I+]c2ccc(C(C)(C)C)cc2)cc1.O=C(OCCCCCl)C(F)(F)S(=O)(=O)[O-]. The van der Waals surface area contributed by atoms with Crippen LogP contribution in [0.15, 0.2) is 48.5 Å². The van der Waals surface area contributed by atoms with Gasteiger partial charge in [0.2, 0.25) is 0 Å². The zero-order valence-electron chi connectivity index (χ0n) is 21.4. The van der Waals surface area contributed by atoms with Crippen LogP contribution in [0, 0.1) is 7.14 Å². The quantitative estimate of drug-likeness (QED) is 0.143. The molecule has 0 unspecified atom stereocenters. The molecule has 0 radical (unpaired) electrons. The van der Waals surface area contributed by atoms with Crippen LogP contribution in [-0.2, 0) is 30.5 Å². The van der Waals surface area contributed by atoms with Crippen molar-refractivity contribution in [2.45, 2.75) is 70.5 Å². The standard InChI is InChI=1S/C20H26I.C6H9ClF2O5S/c1-19(2,3)15-7-11-17(12-8-15)21-18-13-9-16(10-14-18)20(4,5)6;7-3-1-2-4-14-5(10)6(8,9)15(11,12)13/h7-14H,1-6H3;1-4H2,(H,11,12,13)/q+1;/p-1. The van der Waals surface area contributed by atoms with Crippen LogP contribution in [0.2, 0.25) is 0 Å². The zero-order chi connectivity index (χ0) is 27.8. The van der Waals surface area contributed by atoms with Crippen LogP contribution in [0.3, 0.4) is 0 Å². The largest absolute Gasteiger partial charge is 0.743 e. The average Bonchev–Trinajstić information content (AvgIpc) is 2.76. The van der Waals surface area contributed by atoms with Crippen molar-refractivity contribution in [3.8, 4) is 0 Å². The molecular weight excluding hydrogens is 625 g/mol. The lowest BCUT2D eigenvalue weighted by Gasteiger charge is -2.18. The number of unbranched alkanes of at least 4 members (excludes halogenated alkanes) is 1. The third kappa shape index (κ3) is 10.6. The number of rotatable bonds is 8. The molecule has 0 aromatic heterocycles. The number of halogens is 4. The van der Waals surface area contributed by atoms with E-state index in [-0.39, 0.29) is 44.3 Å². The van der Waals surface area contributed by atoms with E-state index in [1.165, 1.54) is 18.3 Å². The first kappa shape index (κ1) is 32.7. The lowest BCUT2D eigenvalue weighted by molar-refractivity contribution is -0.597. The molecule has 0 N–H and O–H groups in total. The molecule has 0 bridgehead atoms. The maximum Gasteiger partial charge on any atom is 0.428 e. The molecule has 0 heterocycles. The van der Waals surface area contributed by atoms with Crippen LogP contribution >= 0.6 is 11.6 Å². The Bertz CT molecular complexity index is 1020. The fourth-order valence-electron chi connectivity index (χ4n) is 2.70. The number of esters is 1. The van der Waals surface area contributed by atoms with Crippen molar-refractivity contribution in [1.82, 2.24) is 0 Å². The van der Waals surface area contributed by atoms with Gasteiger partial charge in [-0.3, -0.25) is 0 Å². The third-order valence-electron chi connectivity index (χ3n) is 4.95. The molecule has 0 aliphatic rings. The minimum absolute atomic E-state index is 0.0703. The van der Waals surface area contributed by atoms with E-state index in [0.29, 0.717) is 6.42 Å². The van der Waals surface area contributed by atoms with Gasteiger partial charge in [-0.15, -0.1) is 11.6 Å². The van der Waals surface area contributed by atoms with E-state index in [2.05, 4.69) is 94.8 Å². The minimum atomic E-state index is -6.03. The van der Waals surface area contributed by atoms with Gasteiger partial charge in [-0.2, -0.15) is 8.78 Å². The monoisotopic (exact) mass is 658 g/mol. The van der Waals surface area contributed by atoms with E-state index in [1.807, 2.05) is 0 Å². The Kier molecular flexibility index (Phi) is 12.3. The normalized spacial score (nSPS) is 12.5. The minimum Gasteiger partial charge on any atom is -0.743 e. The van der Waals surface area contributed by atoms with Crippen LogP contribution in [0.25, 0.3) is 0 Å². The summed E-state index contributed by atoms with van der Waals surface area (Å²) in [5.41, 5.74) is 3.31.